The maximum Gasteiger partial charge on any atom is 0.157 e. The monoisotopic (exact) mass is 361 g/mol. The second-order valence-electron chi connectivity index (χ2n) is 6.84. The van der Waals surface area contributed by atoms with Crippen molar-refractivity contribution in [2.45, 2.75) is 32.8 Å². The summed E-state index contributed by atoms with van der Waals surface area (Å²) in [4.78, 5) is 15.9. The highest BCUT2D eigenvalue weighted by Gasteiger charge is 2.21. The van der Waals surface area contributed by atoms with Crippen molar-refractivity contribution in [1.29, 1.82) is 0 Å². The molecule has 0 aliphatic heterocycles. The Morgan fingerprint density at radius 2 is 2.04 bits per heavy atom. The van der Waals surface area contributed by atoms with E-state index >= 15 is 0 Å². The van der Waals surface area contributed by atoms with E-state index in [1.807, 2.05) is 39.0 Å². The van der Waals surface area contributed by atoms with Crippen molar-refractivity contribution in [2.75, 3.05) is 0 Å². The number of phenols is 1. The number of aromatic hydroxyl groups is 1. The quantitative estimate of drug-likeness (QED) is 0.539. The Morgan fingerprint density at radius 1 is 1.26 bits per heavy atom. The van der Waals surface area contributed by atoms with Gasteiger partial charge in [0.15, 0.2) is 6.29 Å². The van der Waals surface area contributed by atoms with Crippen molar-refractivity contribution >= 4 is 14.1 Å². The van der Waals surface area contributed by atoms with Crippen LogP contribution in [-0.2, 0) is 12.0 Å². The number of ether oxygens (including phenoxy) is 1. The Bertz CT molecular complexity index is 977. The van der Waals surface area contributed by atoms with Crippen molar-refractivity contribution in [3.63, 3.8) is 0 Å². The highest BCUT2D eigenvalue weighted by atomic mass is 16.5. The highest BCUT2D eigenvalue weighted by Crippen LogP contribution is 2.29. The molecular formula is C20H20BN3O3. The van der Waals surface area contributed by atoms with Gasteiger partial charge in [0.2, 0.25) is 0 Å². The highest BCUT2D eigenvalue weighted by molar-refractivity contribution is 6.13. The maximum absolute atomic E-state index is 11.2. The van der Waals surface area contributed by atoms with E-state index in [0.717, 1.165) is 17.0 Å². The molecule has 3 aromatic rings. The molecule has 27 heavy (non-hydrogen) atoms. The summed E-state index contributed by atoms with van der Waals surface area (Å²) in [7, 11) is 6.22. The van der Waals surface area contributed by atoms with Crippen molar-refractivity contribution < 1.29 is 14.6 Å². The average Bonchev–Trinajstić information content (AvgIpc) is 3.10. The molecule has 136 valence electrons. The molecule has 0 aliphatic carbocycles. The largest absolute Gasteiger partial charge is 0.507 e. The zero-order valence-electron chi connectivity index (χ0n) is 15.5. The van der Waals surface area contributed by atoms with E-state index in [1.54, 1.807) is 23.0 Å². The number of hydrogen-bond donors (Lipinski definition) is 1. The van der Waals surface area contributed by atoms with Gasteiger partial charge in [-0.3, -0.25) is 14.5 Å². The van der Waals surface area contributed by atoms with E-state index in [4.69, 9.17) is 12.6 Å². The van der Waals surface area contributed by atoms with E-state index in [9.17, 15) is 9.90 Å². The van der Waals surface area contributed by atoms with Gasteiger partial charge in [0.25, 0.3) is 0 Å². The molecule has 0 unspecified atom stereocenters. The molecule has 0 aliphatic rings. The first kappa shape index (κ1) is 18.7. The van der Waals surface area contributed by atoms with Crippen molar-refractivity contribution in [3.05, 3.63) is 59.4 Å². The topological polar surface area (TPSA) is 77.2 Å². The molecule has 0 amide bonds. The Hall–Kier alpha value is -3.09. The lowest BCUT2D eigenvalue weighted by atomic mass is 9.81. The molecule has 1 N–H and O–H groups in total. The van der Waals surface area contributed by atoms with Gasteiger partial charge in [-0.15, -0.1) is 0 Å². The van der Waals surface area contributed by atoms with Crippen LogP contribution < -0.4 is 4.74 Å². The Morgan fingerprint density at radius 3 is 2.74 bits per heavy atom. The zero-order chi connectivity index (χ0) is 19.6. The van der Waals surface area contributed by atoms with Crippen LogP contribution in [-0.4, -0.2) is 34.0 Å². The van der Waals surface area contributed by atoms with E-state index in [0.29, 0.717) is 17.7 Å². The van der Waals surface area contributed by atoms with Gasteiger partial charge >= 0.3 is 0 Å². The van der Waals surface area contributed by atoms with Crippen LogP contribution in [0.3, 0.4) is 0 Å². The number of carbonyl (C=O) groups excluding carboxylic acids is 1. The summed E-state index contributed by atoms with van der Waals surface area (Å²) in [5.41, 5.74) is 2.56. The summed E-state index contributed by atoms with van der Waals surface area (Å²) < 4.78 is 7.52. The minimum atomic E-state index is -0.696. The summed E-state index contributed by atoms with van der Waals surface area (Å²) in [5, 5.41) is 14.1. The average molecular weight is 361 g/mol. The van der Waals surface area contributed by atoms with Crippen LogP contribution in [0, 0.1) is 6.92 Å². The number of phenolic OH excluding ortho intramolecular Hbond substituents is 1. The van der Waals surface area contributed by atoms with Crippen LogP contribution in [0.4, 0.5) is 0 Å². The van der Waals surface area contributed by atoms with Crippen LogP contribution in [0.25, 0.3) is 11.4 Å². The number of benzene rings is 1. The second kappa shape index (κ2) is 7.27. The van der Waals surface area contributed by atoms with Crippen molar-refractivity contribution in [3.8, 4) is 22.9 Å². The normalized spacial score (nSPS) is 11.4. The number of hydrogen-bond acceptors (Lipinski definition) is 5. The number of aromatic nitrogens is 3. The standard InChI is InChI=1S/C20H20BN3O3/c1-13-7-8-14(12-27-18-6-4-5-17(26)15(18)11-25)19(23-13)16-9-10-22-24(16)20(2,3)21/h4-11,26H,12H2,1-3H3. The fraction of sp³-hybridized carbons (Fsp3) is 0.250. The minimum Gasteiger partial charge on any atom is -0.507 e. The minimum absolute atomic E-state index is 0.118. The second-order valence-corrected chi connectivity index (χ2v) is 6.84. The van der Waals surface area contributed by atoms with Crippen molar-refractivity contribution in [2.24, 2.45) is 0 Å². The predicted molar refractivity (Wildman–Crippen MR) is 103 cm³/mol. The number of aryl methyl sites for hydroxylation is 1. The van der Waals surface area contributed by atoms with Gasteiger partial charge in [0.05, 0.1) is 17.0 Å². The predicted octanol–water partition coefficient (Wildman–Crippen LogP) is 3.21. The van der Waals surface area contributed by atoms with Gasteiger partial charge in [-0.2, -0.15) is 5.10 Å². The first-order valence-electron chi connectivity index (χ1n) is 8.51. The van der Waals surface area contributed by atoms with Crippen LogP contribution in [0.15, 0.2) is 42.6 Å². The first-order valence-corrected chi connectivity index (χ1v) is 8.51. The number of pyridine rings is 1. The van der Waals surface area contributed by atoms with Crippen LogP contribution in [0.5, 0.6) is 11.5 Å². The smallest absolute Gasteiger partial charge is 0.157 e. The molecule has 0 saturated heterocycles. The lowest BCUT2D eigenvalue weighted by Crippen LogP contribution is -2.28. The molecule has 0 saturated carbocycles. The summed E-state index contributed by atoms with van der Waals surface area (Å²) in [6.07, 6.45) is 2.25. The molecule has 7 heteroatoms. The van der Waals surface area contributed by atoms with E-state index in [1.165, 1.54) is 6.07 Å². The lowest BCUT2D eigenvalue weighted by Gasteiger charge is -2.23. The Labute approximate surface area is 159 Å². The molecule has 0 atom stereocenters. The maximum atomic E-state index is 11.2. The molecule has 2 radical (unpaired) electrons. The number of aldehydes is 1. The summed E-state index contributed by atoms with van der Waals surface area (Å²) >= 11 is 0. The lowest BCUT2D eigenvalue weighted by molar-refractivity contribution is 0.111. The first-order chi connectivity index (χ1) is 12.8. The third-order valence-electron chi connectivity index (χ3n) is 4.09. The van der Waals surface area contributed by atoms with Gasteiger partial charge < -0.3 is 9.84 Å². The zero-order valence-corrected chi connectivity index (χ0v) is 15.5. The summed E-state index contributed by atoms with van der Waals surface area (Å²) in [6.45, 7) is 5.79. The van der Waals surface area contributed by atoms with Gasteiger partial charge in [-0.25, -0.2) is 0 Å². The molecule has 1 aromatic carbocycles. The third kappa shape index (κ3) is 3.87. The fourth-order valence-corrected chi connectivity index (χ4v) is 2.80. The van der Waals surface area contributed by atoms with Gasteiger partial charge in [-0.05, 0) is 45.0 Å². The molecule has 0 bridgehead atoms. The molecule has 6 nitrogen and oxygen atoms in total. The van der Waals surface area contributed by atoms with Gasteiger partial charge in [-0.1, -0.05) is 12.1 Å². The Kier molecular flexibility index (Phi) is 5.03. The Balaban J connectivity index is 1.98. The number of nitrogens with zero attached hydrogens (tertiary/aromatic N) is 3. The molecule has 2 aromatic heterocycles. The number of carbonyl (C=O) groups is 1. The van der Waals surface area contributed by atoms with Gasteiger partial charge in [0, 0.05) is 22.9 Å². The number of rotatable bonds is 6. The molecular weight excluding hydrogens is 341 g/mol. The summed E-state index contributed by atoms with van der Waals surface area (Å²) in [6, 6.07) is 10.4. The molecule has 0 fully saturated rings. The van der Waals surface area contributed by atoms with Crippen LogP contribution in [0.1, 0.15) is 35.5 Å². The molecule has 3 rings (SSSR count). The van der Waals surface area contributed by atoms with E-state index in [-0.39, 0.29) is 17.9 Å². The SMILES string of the molecule is [B]C(C)(C)n1nccc1-c1nc(C)ccc1COc1cccc(O)c1C=O. The molecule has 2 heterocycles. The van der Waals surface area contributed by atoms with E-state index in [2.05, 4.69) is 10.1 Å². The molecule has 0 spiro atoms. The summed E-state index contributed by atoms with van der Waals surface area (Å²) in [5.74, 6) is 0.192. The van der Waals surface area contributed by atoms with Crippen LogP contribution >= 0.6 is 0 Å². The van der Waals surface area contributed by atoms with Gasteiger partial charge in [0.1, 0.15) is 26.0 Å². The van der Waals surface area contributed by atoms with Crippen LogP contribution in [0.2, 0.25) is 0 Å². The fourth-order valence-electron chi connectivity index (χ4n) is 2.80. The third-order valence-corrected chi connectivity index (χ3v) is 4.09. The van der Waals surface area contributed by atoms with E-state index < -0.39 is 5.44 Å². The van der Waals surface area contributed by atoms with Crippen molar-refractivity contribution in [1.82, 2.24) is 14.8 Å².